The molecule has 0 aromatic heterocycles. The molecule has 0 N–H and O–H groups in total. The van der Waals surface area contributed by atoms with E-state index in [1.54, 1.807) is 7.11 Å². The summed E-state index contributed by atoms with van der Waals surface area (Å²) in [5, 5.41) is 0. The van der Waals surface area contributed by atoms with Crippen molar-refractivity contribution in [3.05, 3.63) is 29.3 Å². The van der Waals surface area contributed by atoms with Gasteiger partial charge in [0.15, 0.2) is 0 Å². The van der Waals surface area contributed by atoms with Crippen molar-refractivity contribution >= 4 is 12.4 Å². The number of benzene rings is 1. The number of hydrogen-bond donors (Lipinski definition) is 0. The molecule has 18 heavy (non-hydrogen) atoms. The zero-order valence-electron chi connectivity index (χ0n) is 11.6. The summed E-state index contributed by atoms with van der Waals surface area (Å²) in [5.41, 5.74) is 2.90. The normalized spacial score (nSPS) is 18.1. The van der Waals surface area contributed by atoms with Gasteiger partial charge in [0, 0.05) is 6.04 Å². The molecule has 0 saturated carbocycles. The molecule has 1 aromatic rings. The molecule has 0 aliphatic heterocycles. The Morgan fingerprint density at radius 1 is 1.39 bits per heavy atom. The van der Waals surface area contributed by atoms with Gasteiger partial charge in [-0.15, -0.1) is 12.4 Å². The highest BCUT2D eigenvalue weighted by Gasteiger charge is 2.23. The summed E-state index contributed by atoms with van der Waals surface area (Å²) in [5.74, 6) is 1.07. The quantitative estimate of drug-likeness (QED) is 0.832. The Labute approximate surface area is 117 Å². The fourth-order valence-electron chi connectivity index (χ4n) is 2.86. The van der Waals surface area contributed by atoms with Crippen LogP contribution in [0, 0.1) is 0 Å². The van der Waals surface area contributed by atoms with Gasteiger partial charge in [-0.1, -0.05) is 19.1 Å². The number of methoxy groups -OCH3 is 1. The molecule has 102 valence electrons. The van der Waals surface area contributed by atoms with Crippen LogP contribution in [0.4, 0.5) is 0 Å². The summed E-state index contributed by atoms with van der Waals surface area (Å²) in [6.45, 7) is 3.44. The Bertz CT molecular complexity index is 381. The van der Waals surface area contributed by atoms with Gasteiger partial charge in [-0.05, 0) is 56.5 Å². The summed E-state index contributed by atoms with van der Waals surface area (Å²) in [6.07, 6.45) is 4.81. The minimum Gasteiger partial charge on any atom is -0.496 e. The monoisotopic (exact) mass is 269 g/mol. The standard InChI is InChI=1S/C15H23NO.ClH/c1-4-10-16(2)13-8-9-14-12(11-13)6-5-7-15(14)17-3;/h5-7,13H,4,8-11H2,1-3H3;1H. The first kappa shape index (κ1) is 15.3. The first-order valence-electron chi connectivity index (χ1n) is 6.61. The van der Waals surface area contributed by atoms with Crippen molar-refractivity contribution in [1.29, 1.82) is 0 Å². The first-order valence-corrected chi connectivity index (χ1v) is 6.61. The first-order chi connectivity index (χ1) is 8.26. The topological polar surface area (TPSA) is 12.5 Å². The average Bonchev–Trinajstić information content (AvgIpc) is 2.37. The molecule has 3 heteroatoms. The molecule has 1 aliphatic rings. The lowest BCUT2D eigenvalue weighted by molar-refractivity contribution is 0.221. The van der Waals surface area contributed by atoms with Crippen LogP contribution in [0.15, 0.2) is 18.2 Å². The van der Waals surface area contributed by atoms with E-state index in [9.17, 15) is 0 Å². The van der Waals surface area contributed by atoms with Gasteiger partial charge in [0.2, 0.25) is 0 Å². The number of hydrogen-bond acceptors (Lipinski definition) is 2. The second-order valence-electron chi connectivity index (χ2n) is 4.98. The molecular weight excluding hydrogens is 246 g/mol. The summed E-state index contributed by atoms with van der Waals surface area (Å²) in [6, 6.07) is 7.15. The number of ether oxygens (including phenoxy) is 1. The van der Waals surface area contributed by atoms with Gasteiger partial charge in [-0.3, -0.25) is 0 Å². The second-order valence-corrected chi connectivity index (χ2v) is 4.98. The number of likely N-dealkylation sites (N-methyl/N-ethyl adjacent to an activating group) is 1. The van der Waals surface area contributed by atoms with Gasteiger partial charge >= 0.3 is 0 Å². The molecule has 2 nitrogen and oxygen atoms in total. The fourth-order valence-corrected chi connectivity index (χ4v) is 2.86. The minimum atomic E-state index is 0. The maximum absolute atomic E-state index is 5.44. The van der Waals surface area contributed by atoms with Gasteiger partial charge < -0.3 is 9.64 Å². The molecule has 1 aromatic carbocycles. The van der Waals surface area contributed by atoms with E-state index in [2.05, 4.69) is 37.1 Å². The van der Waals surface area contributed by atoms with Crippen LogP contribution < -0.4 is 4.74 Å². The van der Waals surface area contributed by atoms with Crippen molar-refractivity contribution in [1.82, 2.24) is 4.90 Å². The van der Waals surface area contributed by atoms with Crippen molar-refractivity contribution in [2.45, 2.75) is 38.6 Å². The fraction of sp³-hybridized carbons (Fsp3) is 0.600. The predicted molar refractivity (Wildman–Crippen MR) is 79.0 cm³/mol. The Morgan fingerprint density at radius 2 is 2.17 bits per heavy atom. The van der Waals surface area contributed by atoms with E-state index in [4.69, 9.17) is 4.74 Å². The molecule has 1 unspecified atom stereocenters. The summed E-state index contributed by atoms with van der Waals surface area (Å²) >= 11 is 0. The number of fused-ring (bicyclic) bond motifs is 1. The van der Waals surface area contributed by atoms with E-state index in [1.165, 1.54) is 36.9 Å². The van der Waals surface area contributed by atoms with E-state index < -0.39 is 0 Å². The average molecular weight is 270 g/mol. The summed E-state index contributed by atoms with van der Waals surface area (Å²) in [7, 11) is 4.02. The molecule has 1 atom stereocenters. The molecule has 1 aliphatic carbocycles. The summed E-state index contributed by atoms with van der Waals surface area (Å²) in [4.78, 5) is 2.50. The van der Waals surface area contributed by atoms with Gasteiger partial charge in [-0.2, -0.15) is 0 Å². The Morgan fingerprint density at radius 3 is 2.83 bits per heavy atom. The number of rotatable bonds is 4. The van der Waals surface area contributed by atoms with Gasteiger partial charge in [-0.25, -0.2) is 0 Å². The number of halogens is 1. The highest BCUT2D eigenvalue weighted by molar-refractivity contribution is 5.85. The molecule has 0 spiro atoms. The van der Waals surface area contributed by atoms with Gasteiger partial charge in [0.05, 0.1) is 7.11 Å². The minimum absolute atomic E-state index is 0. The molecule has 2 rings (SSSR count). The van der Waals surface area contributed by atoms with Crippen LogP contribution in [-0.2, 0) is 12.8 Å². The molecule has 0 heterocycles. The van der Waals surface area contributed by atoms with Crippen LogP contribution in [-0.4, -0.2) is 31.6 Å². The van der Waals surface area contributed by atoms with Crippen molar-refractivity contribution in [2.24, 2.45) is 0 Å². The van der Waals surface area contributed by atoms with Gasteiger partial charge in [0.25, 0.3) is 0 Å². The van der Waals surface area contributed by atoms with Crippen molar-refractivity contribution < 1.29 is 4.74 Å². The van der Waals surface area contributed by atoms with E-state index in [1.807, 2.05) is 0 Å². The highest BCUT2D eigenvalue weighted by atomic mass is 35.5. The van der Waals surface area contributed by atoms with E-state index in [-0.39, 0.29) is 12.4 Å². The largest absolute Gasteiger partial charge is 0.496 e. The maximum atomic E-state index is 5.44. The molecule has 0 radical (unpaired) electrons. The van der Waals surface area contributed by atoms with E-state index in [0.717, 1.165) is 12.2 Å². The van der Waals surface area contributed by atoms with Crippen molar-refractivity contribution in [3.8, 4) is 5.75 Å². The van der Waals surface area contributed by atoms with Crippen LogP contribution in [0.2, 0.25) is 0 Å². The van der Waals surface area contributed by atoms with Crippen LogP contribution in [0.3, 0.4) is 0 Å². The summed E-state index contributed by atoms with van der Waals surface area (Å²) < 4.78 is 5.44. The van der Waals surface area contributed by atoms with Crippen LogP contribution >= 0.6 is 12.4 Å². The van der Waals surface area contributed by atoms with Crippen LogP contribution in [0.1, 0.15) is 30.9 Å². The number of nitrogens with zero attached hydrogens (tertiary/aromatic N) is 1. The molecule has 0 amide bonds. The molecule has 0 saturated heterocycles. The van der Waals surface area contributed by atoms with Crippen molar-refractivity contribution in [2.75, 3.05) is 20.7 Å². The zero-order chi connectivity index (χ0) is 12.3. The molecule has 0 fully saturated rings. The van der Waals surface area contributed by atoms with Crippen molar-refractivity contribution in [3.63, 3.8) is 0 Å². The van der Waals surface area contributed by atoms with Gasteiger partial charge in [0.1, 0.15) is 5.75 Å². The van der Waals surface area contributed by atoms with E-state index >= 15 is 0 Å². The predicted octanol–water partition coefficient (Wildman–Crippen LogP) is 3.32. The molecule has 0 bridgehead atoms. The van der Waals surface area contributed by atoms with E-state index in [0.29, 0.717) is 6.04 Å². The highest BCUT2D eigenvalue weighted by Crippen LogP contribution is 2.30. The second kappa shape index (κ2) is 7.01. The van der Waals surface area contributed by atoms with Crippen LogP contribution in [0.25, 0.3) is 0 Å². The third kappa shape index (κ3) is 3.18. The third-order valence-electron chi connectivity index (χ3n) is 3.83. The maximum Gasteiger partial charge on any atom is 0.122 e. The zero-order valence-corrected chi connectivity index (χ0v) is 12.4. The molecular formula is C15H24ClNO. The lowest BCUT2D eigenvalue weighted by Gasteiger charge is -2.32. The Kier molecular flexibility index (Phi) is 5.97. The smallest absolute Gasteiger partial charge is 0.122 e. The lowest BCUT2D eigenvalue weighted by atomic mass is 9.87. The SMILES string of the molecule is CCCN(C)C1CCc2c(cccc2OC)C1.Cl. The Balaban J connectivity index is 0.00000162. The Hall–Kier alpha value is -0.730. The van der Waals surface area contributed by atoms with Crippen LogP contribution in [0.5, 0.6) is 5.75 Å². The lowest BCUT2D eigenvalue weighted by Crippen LogP contribution is -2.36. The third-order valence-corrected chi connectivity index (χ3v) is 3.83.